The van der Waals surface area contributed by atoms with Crippen molar-refractivity contribution in [2.24, 2.45) is 11.1 Å². The van der Waals surface area contributed by atoms with Gasteiger partial charge in [0, 0.05) is 28.3 Å². The van der Waals surface area contributed by atoms with Crippen molar-refractivity contribution in [3.63, 3.8) is 0 Å². The predicted molar refractivity (Wildman–Crippen MR) is 65.4 cm³/mol. The number of aryl methyl sites for hydroxylation is 1. The number of nitrogens with two attached hydrogens (primary N) is 1. The molecule has 1 aromatic heterocycles. The summed E-state index contributed by atoms with van der Waals surface area (Å²) in [5.41, 5.74) is 6.77. The van der Waals surface area contributed by atoms with E-state index in [1.807, 2.05) is 18.4 Å². The van der Waals surface area contributed by atoms with Gasteiger partial charge in [0.05, 0.1) is 0 Å². The van der Waals surface area contributed by atoms with Gasteiger partial charge >= 0.3 is 0 Å². The van der Waals surface area contributed by atoms with E-state index in [1.165, 1.54) is 4.88 Å². The zero-order chi connectivity index (χ0) is 11.6. The van der Waals surface area contributed by atoms with E-state index < -0.39 is 0 Å². The Bertz CT molecular complexity index is 349. The Balaban J connectivity index is 2.64. The topological polar surface area (TPSA) is 43.1 Å². The molecule has 0 saturated heterocycles. The zero-order valence-corrected chi connectivity index (χ0v) is 10.6. The summed E-state index contributed by atoms with van der Waals surface area (Å²) in [6, 6.07) is 1.85. The van der Waals surface area contributed by atoms with Gasteiger partial charge in [-0.3, -0.25) is 4.79 Å². The molecule has 0 saturated carbocycles. The Morgan fingerprint density at radius 2 is 2.13 bits per heavy atom. The van der Waals surface area contributed by atoms with Gasteiger partial charge in [-0.25, -0.2) is 0 Å². The fourth-order valence-corrected chi connectivity index (χ4v) is 1.92. The second kappa shape index (κ2) is 4.45. The molecular weight excluding hydrogens is 206 g/mol. The van der Waals surface area contributed by atoms with Crippen LogP contribution in [0.25, 0.3) is 0 Å². The molecule has 0 fully saturated rings. The van der Waals surface area contributed by atoms with Crippen LogP contribution in [0.15, 0.2) is 11.4 Å². The number of ketones is 1. The van der Waals surface area contributed by atoms with Crippen LogP contribution in [0.1, 0.15) is 42.4 Å². The third-order valence-corrected chi connectivity index (χ3v) is 3.43. The normalized spacial score (nSPS) is 13.9. The monoisotopic (exact) mass is 225 g/mol. The lowest BCUT2D eigenvalue weighted by Crippen LogP contribution is -2.36. The first-order chi connectivity index (χ1) is 6.80. The quantitative estimate of drug-likeness (QED) is 0.804. The van der Waals surface area contributed by atoms with Crippen LogP contribution in [0.4, 0.5) is 0 Å². The van der Waals surface area contributed by atoms with Crippen molar-refractivity contribution >= 4 is 17.1 Å². The van der Waals surface area contributed by atoms with Gasteiger partial charge in [0.2, 0.25) is 0 Å². The lowest BCUT2D eigenvalue weighted by atomic mass is 9.84. The molecule has 84 valence electrons. The van der Waals surface area contributed by atoms with Gasteiger partial charge in [0.15, 0.2) is 5.78 Å². The molecule has 1 atom stereocenters. The molecule has 3 heteroatoms. The van der Waals surface area contributed by atoms with Gasteiger partial charge in [-0.2, -0.15) is 0 Å². The van der Waals surface area contributed by atoms with E-state index in [0.717, 1.165) is 5.56 Å². The molecule has 1 rings (SSSR count). The van der Waals surface area contributed by atoms with Crippen LogP contribution in [0.5, 0.6) is 0 Å². The summed E-state index contributed by atoms with van der Waals surface area (Å²) in [7, 11) is 0. The Kier molecular flexibility index (Phi) is 3.68. The Labute approximate surface area is 95.5 Å². The summed E-state index contributed by atoms with van der Waals surface area (Å²) in [6.45, 7) is 8.18. The summed E-state index contributed by atoms with van der Waals surface area (Å²) in [4.78, 5) is 13.0. The second-order valence-electron chi connectivity index (χ2n) is 5.05. The van der Waals surface area contributed by atoms with Crippen molar-refractivity contribution in [2.45, 2.75) is 40.2 Å². The maximum absolute atomic E-state index is 11.8. The highest BCUT2D eigenvalue weighted by molar-refractivity contribution is 7.10. The summed E-state index contributed by atoms with van der Waals surface area (Å²) in [6.07, 6.45) is 0.430. The summed E-state index contributed by atoms with van der Waals surface area (Å²) in [5.74, 6) is 0.154. The highest BCUT2D eigenvalue weighted by Crippen LogP contribution is 2.22. The predicted octanol–water partition coefficient (Wildman–Crippen LogP) is 3.00. The van der Waals surface area contributed by atoms with Gasteiger partial charge in [-0.1, -0.05) is 20.8 Å². The minimum Gasteiger partial charge on any atom is -0.327 e. The lowest BCUT2D eigenvalue weighted by Gasteiger charge is -2.26. The molecule has 0 aliphatic carbocycles. The standard InChI is InChI=1S/C12H19NOS/c1-8-5-9(7-15-8)10(14)6-11(13)12(2,3)4/h5,7,11H,6,13H2,1-4H3. The van der Waals surface area contributed by atoms with E-state index >= 15 is 0 Å². The van der Waals surface area contributed by atoms with Crippen LogP contribution >= 0.6 is 11.3 Å². The van der Waals surface area contributed by atoms with Crippen molar-refractivity contribution in [3.05, 3.63) is 21.9 Å². The van der Waals surface area contributed by atoms with E-state index in [2.05, 4.69) is 20.8 Å². The molecule has 15 heavy (non-hydrogen) atoms. The van der Waals surface area contributed by atoms with Crippen molar-refractivity contribution in [1.82, 2.24) is 0 Å². The first-order valence-corrected chi connectivity index (χ1v) is 6.02. The second-order valence-corrected chi connectivity index (χ2v) is 6.16. The van der Waals surface area contributed by atoms with E-state index in [1.54, 1.807) is 11.3 Å². The van der Waals surface area contributed by atoms with Crippen LogP contribution in [0.2, 0.25) is 0 Å². The minimum atomic E-state index is -0.0785. The third-order valence-electron chi connectivity index (χ3n) is 2.57. The average molecular weight is 225 g/mol. The van der Waals surface area contributed by atoms with Crippen LogP contribution in [0.3, 0.4) is 0 Å². The largest absolute Gasteiger partial charge is 0.327 e. The van der Waals surface area contributed by atoms with Crippen LogP contribution < -0.4 is 5.73 Å². The van der Waals surface area contributed by atoms with E-state index in [4.69, 9.17) is 5.73 Å². The van der Waals surface area contributed by atoms with E-state index in [-0.39, 0.29) is 17.2 Å². The van der Waals surface area contributed by atoms with Gasteiger partial charge in [-0.05, 0) is 18.4 Å². The summed E-state index contributed by atoms with van der Waals surface area (Å²) < 4.78 is 0. The Hall–Kier alpha value is -0.670. The molecule has 0 radical (unpaired) electrons. The molecule has 1 heterocycles. The van der Waals surface area contributed by atoms with Crippen LogP contribution in [-0.4, -0.2) is 11.8 Å². The van der Waals surface area contributed by atoms with Crippen LogP contribution in [-0.2, 0) is 0 Å². The fraction of sp³-hybridized carbons (Fsp3) is 0.583. The van der Waals surface area contributed by atoms with Crippen LogP contribution in [0, 0.1) is 12.3 Å². The molecule has 1 aromatic rings. The fourth-order valence-electron chi connectivity index (χ4n) is 1.21. The minimum absolute atomic E-state index is 0.0132. The molecule has 0 aromatic carbocycles. The molecule has 2 N–H and O–H groups in total. The smallest absolute Gasteiger partial charge is 0.165 e. The number of hydrogen-bond acceptors (Lipinski definition) is 3. The molecule has 0 aliphatic rings. The first kappa shape index (κ1) is 12.4. The molecule has 0 aliphatic heterocycles. The maximum Gasteiger partial charge on any atom is 0.165 e. The number of hydrogen-bond donors (Lipinski definition) is 1. The highest BCUT2D eigenvalue weighted by Gasteiger charge is 2.23. The average Bonchev–Trinajstić information content (AvgIpc) is 2.50. The van der Waals surface area contributed by atoms with E-state index in [0.29, 0.717) is 6.42 Å². The molecular formula is C12H19NOS. The maximum atomic E-state index is 11.8. The van der Waals surface area contributed by atoms with Crippen molar-refractivity contribution in [1.29, 1.82) is 0 Å². The van der Waals surface area contributed by atoms with Crippen molar-refractivity contribution in [2.75, 3.05) is 0 Å². The molecule has 2 nitrogen and oxygen atoms in total. The molecule has 0 bridgehead atoms. The van der Waals surface area contributed by atoms with E-state index in [9.17, 15) is 4.79 Å². The first-order valence-electron chi connectivity index (χ1n) is 5.14. The van der Waals surface area contributed by atoms with Crippen molar-refractivity contribution < 1.29 is 4.79 Å². The number of thiophene rings is 1. The number of carbonyl (C=O) groups excluding carboxylic acids is 1. The van der Waals surface area contributed by atoms with Crippen molar-refractivity contribution in [3.8, 4) is 0 Å². The number of rotatable bonds is 3. The molecule has 1 unspecified atom stereocenters. The van der Waals surface area contributed by atoms with Gasteiger partial charge in [0.25, 0.3) is 0 Å². The SMILES string of the molecule is Cc1cc(C(=O)CC(N)C(C)(C)C)cs1. The number of carbonyl (C=O) groups is 1. The third kappa shape index (κ3) is 3.43. The molecule has 0 spiro atoms. The zero-order valence-electron chi connectivity index (χ0n) is 9.83. The Morgan fingerprint density at radius 3 is 2.53 bits per heavy atom. The Morgan fingerprint density at radius 1 is 1.53 bits per heavy atom. The summed E-state index contributed by atoms with van der Waals surface area (Å²) in [5, 5.41) is 1.91. The lowest BCUT2D eigenvalue weighted by molar-refractivity contribution is 0.0953. The molecule has 0 amide bonds. The van der Waals surface area contributed by atoms with Gasteiger partial charge in [0.1, 0.15) is 0 Å². The summed E-state index contributed by atoms with van der Waals surface area (Å²) >= 11 is 1.61. The number of Topliss-reactive ketones (excluding diaryl/α,β-unsaturated/α-hetero) is 1. The highest BCUT2D eigenvalue weighted by atomic mass is 32.1. The van der Waals surface area contributed by atoms with Gasteiger partial charge in [-0.15, -0.1) is 11.3 Å². The van der Waals surface area contributed by atoms with Gasteiger partial charge < -0.3 is 5.73 Å².